The fourth-order valence-corrected chi connectivity index (χ4v) is 12.8. The molecule has 0 spiro atoms. The normalized spacial score (nSPS) is 38.2. The molecule has 2 aromatic carbocycles. The van der Waals surface area contributed by atoms with Gasteiger partial charge in [-0.05, 0) is 139 Å². The van der Waals surface area contributed by atoms with Crippen LogP contribution in [0.5, 0.6) is 11.5 Å². The highest BCUT2D eigenvalue weighted by molar-refractivity contribution is 5.92. The quantitative estimate of drug-likeness (QED) is 0.298. The number of hydrogen-bond acceptors (Lipinski definition) is 2. The minimum absolute atomic E-state index is 0.198. The molecule has 0 aromatic heterocycles. The molecule has 2 nitrogen and oxygen atoms in total. The zero-order valence-corrected chi connectivity index (χ0v) is 33.3. The smallest absolute Gasteiger partial charge is 0.123 e. The molecule has 10 rings (SSSR count). The maximum absolute atomic E-state index is 9.38. The van der Waals surface area contributed by atoms with Crippen molar-refractivity contribution in [3.8, 4) is 11.5 Å². The first-order valence-electron chi connectivity index (χ1n) is 19.8. The maximum atomic E-state index is 9.38. The lowest BCUT2D eigenvalue weighted by molar-refractivity contribution is -0.184. The second kappa shape index (κ2) is 15.0. The molecule has 0 radical (unpaired) electrons. The Bertz CT molecular complexity index is 1190. The minimum Gasteiger partial charge on any atom is -0.507 e. The number of rotatable bonds is 0. The molecule has 0 heterocycles. The molecule has 8 aliphatic rings. The Balaban J connectivity index is 0.000000177. The van der Waals surface area contributed by atoms with Crippen molar-refractivity contribution in [3.05, 3.63) is 36.4 Å². The van der Waals surface area contributed by atoms with Gasteiger partial charge in [-0.1, -0.05) is 121 Å². The average Bonchev–Trinajstić information content (AvgIpc) is 2.93. The number of aromatic hydroxyl groups is 2. The van der Waals surface area contributed by atoms with Crippen LogP contribution in [0.1, 0.15) is 173 Å². The van der Waals surface area contributed by atoms with Crippen molar-refractivity contribution in [3.63, 3.8) is 0 Å². The molecule has 8 bridgehead atoms. The van der Waals surface area contributed by atoms with Crippen LogP contribution in [-0.2, 0) is 0 Å². The van der Waals surface area contributed by atoms with E-state index in [1.807, 2.05) is 27.7 Å². The number of phenolic OH excluding ortho intramolecular Hbond substituents is 2. The summed E-state index contributed by atoms with van der Waals surface area (Å²) in [5.74, 6) is 3.67. The van der Waals surface area contributed by atoms with E-state index in [0.717, 1.165) is 28.6 Å². The van der Waals surface area contributed by atoms with Gasteiger partial charge in [0.15, 0.2) is 0 Å². The summed E-state index contributed by atoms with van der Waals surface area (Å²) in [5.41, 5.74) is 4.06. The van der Waals surface area contributed by atoms with Crippen LogP contribution < -0.4 is 0 Å². The van der Waals surface area contributed by atoms with E-state index >= 15 is 0 Å². The van der Waals surface area contributed by atoms with Crippen molar-refractivity contribution < 1.29 is 10.2 Å². The first-order chi connectivity index (χ1) is 21.9. The van der Waals surface area contributed by atoms with E-state index in [0.29, 0.717) is 32.4 Å². The summed E-state index contributed by atoms with van der Waals surface area (Å²) in [6, 6.07) is 10.1. The van der Waals surface area contributed by atoms with Gasteiger partial charge in [-0.15, -0.1) is 0 Å². The van der Waals surface area contributed by atoms with Crippen molar-refractivity contribution in [2.24, 2.45) is 50.2 Å². The molecule has 2 N–H and O–H groups in total. The summed E-state index contributed by atoms with van der Waals surface area (Å²) in [4.78, 5) is 0. The van der Waals surface area contributed by atoms with Gasteiger partial charge in [-0.3, -0.25) is 0 Å². The third-order valence-corrected chi connectivity index (χ3v) is 12.7. The van der Waals surface area contributed by atoms with Crippen molar-refractivity contribution >= 4 is 10.8 Å². The highest BCUT2D eigenvalue weighted by atomic mass is 16.3. The third kappa shape index (κ3) is 8.91. The highest BCUT2D eigenvalue weighted by Gasteiger charge is 2.63. The number of fused-ring (bicyclic) bond motifs is 1. The lowest BCUT2D eigenvalue weighted by Gasteiger charge is -2.69. The monoisotopic (exact) mass is 649 g/mol. The average molecular weight is 649 g/mol. The van der Waals surface area contributed by atoms with Gasteiger partial charge in [0.25, 0.3) is 0 Å². The summed E-state index contributed by atoms with van der Waals surface area (Å²) >= 11 is 0. The van der Waals surface area contributed by atoms with Crippen LogP contribution >= 0.6 is 0 Å². The Labute approximate surface area is 291 Å². The predicted octanol–water partition coefficient (Wildman–Crippen LogP) is 14.4. The first-order valence-corrected chi connectivity index (χ1v) is 19.8. The molecule has 0 saturated heterocycles. The Morgan fingerprint density at radius 1 is 0.553 bits per heavy atom. The predicted molar refractivity (Wildman–Crippen MR) is 206 cm³/mol. The van der Waals surface area contributed by atoms with Gasteiger partial charge in [0.2, 0.25) is 0 Å². The molecule has 2 atom stereocenters. The van der Waals surface area contributed by atoms with Crippen molar-refractivity contribution in [2.75, 3.05) is 0 Å². The van der Waals surface area contributed by atoms with Crippen molar-refractivity contribution in [2.45, 2.75) is 173 Å². The zero-order valence-electron chi connectivity index (χ0n) is 33.3. The van der Waals surface area contributed by atoms with Crippen LogP contribution in [0.4, 0.5) is 0 Å². The zero-order chi connectivity index (χ0) is 35.5. The molecule has 0 aliphatic heterocycles. The number of phenols is 2. The van der Waals surface area contributed by atoms with Crippen LogP contribution in [0.25, 0.3) is 10.8 Å². The maximum Gasteiger partial charge on any atom is 0.123 e. The van der Waals surface area contributed by atoms with E-state index in [1.165, 1.54) is 51.4 Å². The van der Waals surface area contributed by atoms with E-state index in [-0.39, 0.29) is 11.5 Å². The molecule has 8 saturated carbocycles. The van der Waals surface area contributed by atoms with E-state index in [2.05, 4.69) is 62.3 Å². The van der Waals surface area contributed by atoms with Gasteiger partial charge < -0.3 is 10.2 Å². The summed E-state index contributed by atoms with van der Waals surface area (Å²) in [7, 11) is 0. The van der Waals surface area contributed by atoms with Crippen LogP contribution in [0.2, 0.25) is 0 Å². The Kier molecular flexibility index (Phi) is 12.7. The molecule has 0 amide bonds. The summed E-state index contributed by atoms with van der Waals surface area (Å²) < 4.78 is 0. The second-order valence-corrected chi connectivity index (χ2v) is 19.1. The second-order valence-electron chi connectivity index (χ2n) is 19.1. The van der Waals surface area contributed by atoms with E-state index in [9.17, 15) is 10.2 Å². The molecule has 2 heteroatoms. The van der Waals surface area contributed by atoms with Gasteiger partial charge >= 0.3 is 0 Å². The minimum atomic E-state index is 0.198. The third-order valence-electron chi connectivity index (χ3n) is 12.7. The van der Waals surface area contributed by atoms with Crippen molar-refractivity contribution in [1.29, 1.82) is 0 Å². The van der Waals surface area contributed by atoms with Crippen LogP contribution in [0, 0.1) is 50.2 Å². The summed E-state index contributed by atoms with van der Waals surface area (Å²) in [5, 5.41) is 20.1. The first kappa shape index (κ1) is 39.7. The van der Waals surface area contributed by atoms with E-state index in [4.69, 9.17) is 0 Å². The Morgan fingerprint density at radius 3 is 1.21 bits per heavy atom. The Morgan fingerprint density at radius 2 is 0.894 bits per heavy atom. The standard InChI is InChI=1S/C16H28.C12H20.C10H8O2.C3H8.2C2H6/c1-13(2,3)16-8-12-6-14(4,10-16)9-15(5,7-12)11-16;1-11-4-9-3-10(5-11)7-12(2,6-9)8-11;11-9-5-1-3-7-8(9)4-2-6-10(7)12;1-3-2;2*1-2/h12H,6-11H2,1-5H3;9-10H,3-8H2,1-2H3;1-6,11-12H;3H2,1-2H3;2*1-2H3. The van der Waals surface area contributed by atoms with Crippen LogP contribution in [0.3, 0.4) is 0 Å². The molecule has 47 heavy (non-hydrogen) atoms. The Hall–Kier alpha value is -1.70. The topological polar surface area (TPSA) is 40.5 Å². The molecular weight excluding hydrogens is 572 g/mol. The summed E-state index contributed by atoms with van der Waals surface area (Å²) in [6.07, 6.45) is 19.7. The lowest BCUT2D eigenvalue weighted by atomic mass is 9.36. The van der Waals surface area contributed by atoms with Crippen LogP contribution in [-0.4, -0.2) is 10.2 Å². The van der Waals surface area contributed by atoms with Gasteiger partial charge in [0.1, 0.15) is 11.5 Å². The number of benzene rings is 2. The van der Waals surface area contributed by atoms with Gasteiger partial charge in [0, 0.05) is 10.8 Å². The van der Waals surface area contributed by atoms with Gasteiger partial charge in [-0.2, -0.15) is 0 Å². The molecule has 2 aromatic rings. The fourth-order valence-electron chi connectivity index (χ4n) is 12.8. The number of hydrogen-bond donors (Lipinski definition) is 2. The molecular formula is C45H76O2. The van der Waals surface area contributed by atoms with Gasteiger partial charge in [0.05, 0.1) is 0 Å². The highest BCUT2D eigenvalue weighted by Crippen LogP contribution is 2.73. The summed E-state index contributed by atoms with van der Waals surface area (Å²) in [6.45, 7) is 30.0. The molecule has 8 fully saturated rings. The van der Waals surface area contributed by atoms with Crippen LogP contribution in [0.15, 0.2) is 36.4 Å². The largest absolute Gasteiger partial charge is 0.507 e. The molecule has 268 valence electrons. The lowest BCUT2D eigenvalue weighted by Crippen LogP contribution is -2.58. The molecule has 8 aliphatic carbocycles. The SMILES string of the molecule is CC.CC.CC12CC3CC(C)(C1)CC(C(C)(C)C)(C3)C2.CC12CC3CC(C1)CC(C)(C3)C2.CCC.Oc1cccc2c(O)cccc12. The van der Waals surface area contributed by atoms with Crippen molar-refractivity contribution in [1.82, 2.24) is 0 Å². The van der Waals surface area contributed by atoms with E-state index in [1.54, 1.807) is 68.5 Å². The molecule has 2 unspecified atom stereocenters. The van der Waals surface area contributed by atoms with Gasteiger partial charge in [-0.25, -0.2) is 0 Å². The van der Waals surface area contributed by atoms with E-state index < -0.39 is 0 Å². The fraction of sp³-hybridized carbons (Fsp3) is 0.778.